The highest BCUT2D eigenvalue weighted by Crippen LogP contribution is 2.35. The van der Waals surface area contributed by atoms with Crippen LogP contribution in [0.2, 0.25) is 5.02 Å². The molecule has 0 radical (unpaired) electrons. The molecule has 2 aromatic rings. The molecule has 0 amide bonds. The molecule has 2 fully saturated rings. The number of pyridine rings is 1. The van der Waals surface area contributed by atoms with Gasteiger partial charge in [0.1, 0.15) is 5.82 Å². The minimum absolute atomic E-state index is 0.00328. The van der Waals surface area contributed by atoms with Crippen molar-refractivity contribution < 1.29 is 14.9 Å². The molecule has 6 nitrogen and oxygen atoms in total. The number of hydrogen-bond donors (Lipinski definition) is 3. The van der Waals surface area contributed by atoms with Crippen molar-refractivity contribution in [2.75, 3.05) is 31.2 Å². The van der Waals surface area contributed by atoms with Crippen LogP contribution in [0.1, 0.15) is 23.5 Å². The second-order valence-electron chi connectivity index (χ2n) is 7.48. The van der Waals surface area contributed by atoms with E-state index in [1.54, 1.807) is 0 Å². The lowest BCUT2D eigenvalue weighted by Crippen LogP contribution is -2.42. The van der Waals surface area contributed by atoms with E-state index in [-0.39, 0.29) is 12.0 Å². The summed E-state index contributed by atoms with van der Waals surface area (Å²) in [4.78, 5) is 6.83. The first-order chi connectivity index (χ1) is 13.6. The lowest BCUT2D eigenvalue weighted by Gasteiger charge is -2.28. The Balaban J connectivity index is 1.45. The third kappa shape index (κ3) is 4.31. The molecule has 1 saturated heterocycles. The number of ether oxygens (including phenoxy) is 1. The molecule has 2 heterocycles. The Morgan fingerprint density at radius 1 is 1.11 bits per heavy atom. The van der Waals surface area contributed by atoms with Gasteiger partial charge in [0.15, 0.2) is 0 Å². The molecule has 4 atom stereocenters. The van der Waals surface area contributed by atoms with Crippen molar-refractivity contribution in [3.05, 3.63) is 58.7 Å². The Bertz CT molecular complexity index is 765. The smallest absolute Gasteiger partial charge is 0.128 e. The fourth-order valence-corrected chi connectivity index (χ4v) is 4.19. The van der Waals surface area contributed by atoms with Gasteiger partial charge in [-0.05, 0) is 35.7 Å². The monoisotopic (exact) mass is 403 g/mol. The number of aromatic nitrogens is 1. The number of hydrogen-bond acceptors (Lipinski definition) is 6. The Hall–Kier alpha value is -1.70. The highest BCUT2D eigenvalue weighted by atomic mass is 35.5. The van der Waals surface area contributed by atoms with E-state index in [9.17, 15) is 10.2 Å². The normalized spacial score (nSPS) is 27.9. The highest BCUT2D eigenvalue weighted by molar-refractivity contribution is 6.30. The first-order valence-corrected chi connectivity index (χ1v) is 10.1. The number of benzene rings is 1. The van der Waals surface area contributed by atoms with Gasteiger partial charge in [-0.25, -0.2) is 4.98 Å². The molecule has 1 aromatic heterocycles. The molecular formula is C21H26ClN3O3. The van der Waals surface area contributed by atoms with Crippen LogP contribution in [0.5, 0.6) is 0 Å². The summed E-state index contributed by atoms with van der Waals surface area (Å²) in [5.74, 6) is 0.945. The minimum Gasteiger partial charge on any atom is -0.390 e. The van der Waals surface area contributed by atoms with E-state index in [1.807, 2.05) is 36.5 Å². The second kappa shape index (κ2) is 8.76. The number of nitrogens with one attached hydrogen (secondary N) is 1. The number of nitrogens with zero attached hydrogens (tertiary/aromatic N) is 2. The zero-order valence-corrected chi connectivity index (χ0v) is 16.4. The van der Waals surface area contributed by atoms with Crippen LogP contribution in [-0.4, -0.2) is 59.8 Å². The van der Waals surface area contributed by atoms with Crippen LogP contribution in [0.4, 0.5) is 5.82 Å². The predicted molar refractivity (Wildman–Crippen MR) is 109 cm³/mol. The zero-order valence-electron chi connectivity index (χ0n) is 15.7. The van der Waals surface area contributed by atoms with Crippen LogP contribution in [0.15, 0.2) is 42.6 Å². The van der Waals surface area contributed by atoms with Gasteiger partial charge in [-0.2, -0.15) is 0 Å². The molecule has 1 aliphatic carbocycles. The molecule has 0 spiro atoms. The third-order valence-corrected chi connectivity index (χ3v) is 5.93. The SMILES string of the molecule is O[C@H]1[C@H](NCc2ccc(Cl)cc2)[C@@H](c2ccc(N3CCOCC3)nc2)C[C@H]1O. The molecular weight excluding hydrogens is 378 g/mol. The van der Waals surface area contributed by atoms with Crippen molar-refractivity contribution in [3.63, 3.8) is 0 Å². The van der Waals surface area contributed by atoms with Crippen molar-refractivity contribution in [2.24, 2.45) is 0 Å². The second-order valence-corrected chi connectivity index (χ2v) is 7.92. The quantitative estimate of drug-likeness (QED) is 0.708. The summed E-state index contributed by atoms with van der Waals surface area (Å²) < 4.78 is 5.39. The van der Waals surface area contributed by atoms with Gasteiger partial charge in [0.2, 0.25) is 0 Å². The summed E-state index contributed by atoms with van der Waals surface area (Å²) in [5, 5.41) is 24.9. The van der Waals surface area contributed by atoms with Gasteiger partial charge in [0.25, 0.3) is 0 Å². The summed E-state index contributed by atoms with van der Waals surface area (Å²) >= 11 is 5.94. The number of morpholine rings is 1. The lowest BCUT2D eigenvalue weighted by molar-refractivity contribution is 0.0297. The van der Waals surface area contributed by atoms with Gasteiger partial charge >= 0.3 is 0 Å². The molecule has 1 aromatic carbocycles. The maximum atomic E-state index is 10.5. The van der Waals surface area contributed by atoms with E-state index in [0.29, 0.717) is 18.0 Å². The van der Waals surface area contributed by atoms with E-state index < -0.39 is 12.2 Å². The van der Waals surface area contributed by atoms with E-state index in [2.05, 4.69) is 21.3 Å². The minimum atomic E-state index is -0.809. The third-order valence-electron chi connectivity index (χ3n) is 5.68. The van der Waals surface area contributed by atoms with Gasteiger partial charge in [0, 0.05) is 42.8 Å². The molecule has 28 heavy (non-hydrogen) atoms. The van der Waals surface area contributed by atoms with Crippen molar-refractivity contribution in [2.45, 2.75) is 37.1 Å². The fraction of sp³-hybridized carbons (Fsp3) is 0.476. The molecule has 4 rings (SSSR count). The van der Waals surface area contributed by atoms with Crippen LogP contribution >= 0.6 is 11.6 Å². The number of aliphatic hydroxyl groups is 2. The van der Waals surface area contributed by atoms with Crippen LogP contribution in [0, 0.1) is 0 Å². The highest BCUT2D eigenvalue weighted by Gasteiger charge is 2.42. The first-order valence-electron chi connectivity index (χ1n) is 9.74. The van der Waals surface area contributed by atoms with Gasteiger partial charge < -0.3 is 25.2 Å². The Morgan fingerprint density at radius 3 is 2.54 bits per heavy atom. The van der Waals surface area contributed by atoms with Crippen molar-refractivity contribution >= 4 is 17.4 Å². The molecule has 1 saturated carbocycles. The van der Waals surface area contributed by atoms with Crippen LogP contribution < -0.4 is 10.2 Å². The van der Waals surface area contributed by atoms with Gasteiger partial charge in [-0.3, -0.25) is 0 Å². The van der Waals surface area contributed by atoms with Crippen molar-refractivity contribution in [1.82, 2.24) is 10.3 Å². The Morgan fingerprint density at radius 2 is 1.86 bits per heavy atom. The number of anilines is 1. The van der Waals surface area contributed by atoms with E-state index in [4.69, 9.17) is 16.3 Å². The molecule has 0 bridgehead atoms. The Labute approximate surface area is 170 Å². The standard InChI is InChI=1S/C21H26ClN3O3/c22-16-4-1-14(2-5-16)12-24-20-17(11-18(26)21(20)27)15-3-6-19(23-13-15)25-7-9-28-10-8-25/h1-6,13,17-18,20-21,24,26-27H,7-12H2/t17-,18-,20-,21-/m1/s1. The van der Waals surface area contributed by atoms with Gasteiger partial charge in [-0.15, -0.1) is 0 Å². The fourth-order valence-electron chi connectivity index (χ4n) is 4.06. The molecule has 7 heteroatoms. The van der Waals surface area contributed by atoms with Crippen LogP contribution in [-0.2, 0) is 11.3 Å². The number of aliphatic hydroxyl groups excluding tert-OH is 2. The van der Waals surface area contributed by atoms with Crippen molar-refractivity contribution in [3.8, 4) is 0 Å². The summed E-state index contributed by atoms with van der Waals surface area (Å²) in [6.07, 6.45) is 0.831. The molecule has 2 aliphatic rings. The number of rotatable bonds is 5. The van der Waals surface area contributed by atoms with Gasteiger partial charge in [-0.1, -0.05) is 29.8 Å². The van der Waals surface area contributed by atoms with Crippen LogP contribution in [0.25, 0.3) is 0 Å². The first kappa shape index (κ1) is 19.6. The van der Waals surface area contributed by atoms with E-state index >= 15 is 0 Å². The lowest BCUT2D eigenvalue weighted by atomic mass is 9.94. The molecule has 1 aliphatic heterocycles. The molecule has 0 unspecified atom stereocenters. The maximum Gasteiger partial charge on any atom is 0.128 e. The summed E-state index contributed by atoms with van der Waals surface area (Å²) in [7, 11) is 0. The Kier molecular flexibility index (Phi) is 6.13. The maximum absolute atomic E-state index is 10.5. The molecule has 3 N–H and O–H groups in total. The number of halogens is 1. The summed E-state index contributed by atoms with van der Waals surface area (Å²) in [6.45, 7) is 3.74. The summed E-state index contributed by atoms with van der Waals surface area (Å²) in [6, 6.07) is 11.5. The predicted octanol–water partition coefficient (Wildman–Crippen LogP) is 1.94. The van der Waals surface area contributed by atoms with E-state index in [0.717, 1.165) is 43.2 Å². The van der Waals surface area contributed by atoms with Crippen molar-refractivity contribution in [1.29, 1.82) is 0 Å². The zero-order chi connectivity index (χ0) is 19.5. The van der Waals surface area contributed by atoms with E-state index in [1.165, 1.54) is 0 Å². The average molecular weight is 404 g/mol. The largest absolute Gasteiger partial charge is 0.390 e. The van der Waals surface area contributed by atoms with Gasteiger partial charge in [0.05, 0.1) is 25.4 Å². The summed E-state index contributed by atoms with van der Waals surface area (Å²) in [5.41, 5.74) is 2.11. The average Bonchev–Trinajstić information content (AvgIpc) is 3.02. The molecule has 150 valence electrons. The topological polar surface area (TPSA) is 77.9 Å². The van der Waals surface area contributed by atoms with Crippen LogP contribution in [0.3, 0.4) is 0 Å².